The molecule has 0 saturated carbocycles. The summed E-state index contributed by atoms with van der Waals surface area (Å²) in [6, 6.07) is 7.80. The standard InChI is InChI=1S/C13H17NO2S2/c1-9-8-17-12(18-9)10-6-4-5-7-11(10)16-13(15)14(2)3/h4-7,9,12H,8H2,1-3H3. The summed E-state index contributed by atoms with van der Waals surface area (Å²) in [5, 5.41) is 0.651. The molecule has 3 nitrogen and oxygen atoms in total. The van der Waals surface area contributed by atoms with E-state index in [4.69, 9.17) is 4.74 Å². The molecule has 0 bridgehead atoms. The normalized spacial score (nSPS) is 22.8. The predicted octanol–water partition coefficient (Wildman–Crippen LogP) is 3.61. The topological polar surface area (TPSA) is 29.5 Å². The molecule has 1 aliphatic heterocycles. The predicted molar refractivity (Wildman–Crippen MR) is 78.4 cm³/mol. The van der Waals surface area contributed by atoms with E-state index in [1.807, 2.05) is 47.8 Å². The zero-order valence-electron chi connectivity index (χ0n) is 10.8. The minimum atomic E-state index is -0.330. The van der Waals surface area contributed by atoms with Crippen LogP contribution in [0.5, 0.6) is 5.75 Å². The fourth-order valence-corrected chi connectivity index (χ4v) is 4.88. The van der Waals surface area contributed by atoms with Crippen LogP contribution in [0.15, 0.2) is 24.3 Å². The minimum Gasteiger partial charge on any atom is -0.410 e. The van der Waals surface area contributed by atoms with Gasteiger partial charge in [0.25, 0.3) is 0 Å². The molecule has 2 rings (SSSR count). The molecular weight excluding hydrogens is 266 g/mol. The number of thioether (sulfide) groups is 2. The Labute approximate surface area is 116 Å². The van der Waals surface area contributed by atoms with Crippen molar-refractivity contribution >= 4 is 29.6 Å². The van der Waals surface area contributed by atoms with E-state index in [0.29, 0.717) is 15.6 Å². The van der Waals surface area contributed by atoms with Crippen LogP contribution in [0.25, 0.3) is 0 Å². The zero-order chi connectivity index (χ0) is 13.1. The summed E-state index contributed by atoms with van der Waals surface area (Å²) in [7, 11) is 3.37. The Morgan fingerprint density at radius 1 is 1.39 bits per heavy atom. The number of ether oxygens (including phenoxy) is 1. The van der Waals surface area contributed by atoms with E-state index < -0.39 is 0 Å². The maximum absolute atomic E-state index is 11.6. The average Bonchev–Trinajstić information content (AvgIpc) is 2.76. The Kier molecular flexibility index (Phi) is 4.45. The van der Waals surface area contributed by atoms with Gasteiger partial charge in [-0.3, -0.25) is 0 Å². The third-order valence-electron chi connectivity index (χ3n) is 2.57. The van der Waals surface area contributed by atoms with Crippen molar-refractivity contribution in [2.24, 2.45) is 0 Å². The largest absolute Gasteiger partial charge is 0.414 e. The maximum Gasteiger partial charge on any atom is 0.414 e. The SMILES string of the molecule is CC1CSC(c2ccccc2OC(=O)N(C)C)S1. The van der Waals surface area contributed by atoms with E-state index in [9.17, 15) is 4.79 Å². The van der Waals surface area contributed by atoms with E-state index >= 15 is 0 Å². The van der Waals surface area contributed by atoms with Crippen molar-refractivity contribution in [2.45, 2.75) is 16.8 Å². The number of hydrogen-bond donors (Lipinski definition) is 0. The molecule has 2 unspecified atom stereocenters. The lowest BCUT2D eigenvalue weighted by Gasteiger charge is -2.16. The van der Waals surface area contributed by atoms with Crippen LogP contribution in [0, 0.1) is 0 Å². The Balaban J connectivity index is 2.18. The molecule has 0 radical (unpaired) electrons. The van der Waals surface area contributed by atoms with Crippen molar-refractivity contribution in [3.8, 4) is 5.75 Å². The number of para-hydroxylation sites is 1. The third-order valence-corrected chi connectivity index (χ3v) is 5.91. The van der Waals surface area contributed by atoms with Gasteiger partial charge in [0.2, 0.25) is 0 Å². The Morgan fingerprint density at radius 3 is 2.72 bits per heavy atom. The fraction of sp³-hybridized carbons (Fsp3) is 0.462. The monoisotopic (exact) mass is 283 g/mol. The molecule has 5 heteroatoms. The second-order valence-corrected chi connectivity index (χ2v) is 7.40. The van der Waals surface area contributed by atoms with E-state index in [2.05, 4.69) is 6.92 Å². The number of carbonyl (C=O) groups excluding carboxylic acids is 1. The molecule has 1 aromatic carbocycles. The van der Waals surface area contributed by atoms with Crippen LogP contribution in [0.1, 0.15) is 17.1 Å². The van der Waals surface area contributed by atoms with Gasteiger partial charge in [-0.2, -0.15) is 0 Å². The van der Waals surface area contributed by atoms with Crippen molar-refractivity contribution in [3.05, 3.63) is 29.8 Å². The first kappa shape index (κ1) is 13.6. The van der Waals surface area contributed by atoms with Gasteiger partial charge in [-0.1, -0.05) is 25.1 Å². The van der Waals surface area contributed by atoms with Crippen LogP contribution in [-0.4, -0.2) is 36.1 Å². The van der Waals surface area contributed by atoms with E-state index in [0.717, 1.165) is 11.3 Å². The highest BCUT2D eigenvalue weighted by Crippen LogP contribution is 2.51. The van der Waals surface area contributed by atoms with E-state index in [1.165, 1.54) is 4.90 Å². The molecule has 18 heavy (non-hydrogen) atoms. The molecule has 2 atom stereocenters. The quantitative estimate of drug-likeness (QED) is 0.829. The van der Waals surface area contributed by atoms with Crippen molar-refractivity contribution in [1.82, 2.24) is 4.90 Å². The maximum atomic E-state index is 11.6. The number of hydrogen-bond acceptors (Lipinski definition) is 4. The van der Waals surface area contributed by atoms with Gasteiger partial charge in [-0.05, 0) is 6.07 Å². The highest BCUT2D eigenvalue weighted by Gasteiger charge is 2.27. The summed E-state index contributed by atoms with van der Waals surface area (Å²) in [6.45, 7) is 2.23. The number of nitrogens with zero attached hydrogens (tertiary/aromatic N) is 1. The Hall–Kier alpha value is -0.810. The molecule has 1 aromatic rings. The number of amides is 1. The van der Waals surface area contributed by atoms with Crippen LogP contribution in [0.4, 0.5) is 4.79 Å². The molecule has 0 aromatic heterocycles. The van der Waals surface area contributed by atoms with Crippen LogP contribution in [0.2, 0.25) is 0 Å². The molecule has 1 amide bonds. The third kappa shape index (κ3) is 3.14. The second kappa shape index (κ2) is 5.89. The van der Waals surface area contributed by atoms with Gasteiger partial charge < -0.3 is 9.64 Å². The summed E-state index contributed by atoms with van der Waals surface area (Å²) >= 11 is 3.84. The highest BCUT2D eigenvalue weighted by atomic mass is 32.2. The molecule has 0 aliphatic carbocycles. The molecule has 98 valence electrons. The van der Waals surface area contributed by atoms with Gasteiger partial charge in [-0.25, -0.2) is 4.79 Å². The Morgan fingerprint density at radius 2 is 2.11 bits per heavy atom. The number of carbonyl (C=O) groups is 1. The van der Waals surface area contributed by atoms with Crippen molar-refractivity contribution < 1.29 is 9.53 Å². The van der Waals surface area contributed by atoms with Crippen molar-refractivity contribution in [2.75, 3.05) is 19.8 Å². The van der Waals surface area contributed by atoms with E-state index in [-0.39, 0.29) is 6.09 Å². The van der Waals surface area contributed by atoms with Crippen LogP contribution in [0.3, 0.4) is 0 Å². The summed E-state index contributed by atoms with van der Waals surface area (Å²) in [5.41, 5.74) is 1.10. The Bertz CT molecular complexity index is 437. The first-order valence-electron chi connectivity index (χ1n) is 5.83. The lowest BCUT2D eigenvalue weighted by molar-refractivity contribution is 0.171. The summed E-state index contributed by atoms with van der Waals surface area (Å²) in [6.07, 6.45) is -0.330. The van der Waals surface area contributed by atoms with Gasteiger partial charge >= 0.3 is 6.09 Å². The molecule has 1 saturated heterocycles. The molecule has 0 N–H and O–H groups in total. The van der Waals surface area contributed by atoms with Gasteiger partial charge in [-0.15, -0.1) is 23.5 Å². The molecule has 1 fully saturated rings. The molecule has 1 heterocycles. The molecule has 1 aliphatic rings. The van der Waals surface area contributed by atoms with Crippen LogP contribution in [-0.2, 0) is 0 Å². The van der Waals surface area contributed by atoms with Crippen LogP contribution >= 0.6 is 23.5 Å². The number of rotatable bonds is 2. The first-order valence-corrected chi connectivity index (χ1v) is 7.82. The van der Waals surface area contributed by atoms with Gasteiger partial charge in [0.15, 0.2) is 0 Å². The van der Waals surface area contributed by atoms with Gasteiger partial charge in [0.1, 0.15) is 5.75 Å². The smallest absolute Gasteiger partial charge is 0.410 e. The zero-order valence-corrected chi connectivity index (χ0v) is 12.4. The molecule has 0 spiro atoms. The lowest BCUT2D eigenvalue weighted by atomic mass is 10.2. The summed E-state index contributed by atoms with van der Waals surface area (Å²) < 4.78 is 5.78. The van der Waals surface area contributed by atoms with Crippen molar-refractivity contribution in [3.63, 3.8) is 0 Å². The lowest BCUT2D eigenvalue weighted by Crippen LogP contribution is -2.25. The minimum absolute atomic E-state index is 0.330. The first-order chi connectivity index (χ1) is 8.58. The second-order valence-electron chi connectivity index (χ2n) is 4.41. The summed E-state index contributed by atoms with van der Waals surface area (Å²) in [5.74, 6) is 1.82. The summed E-state index contributed by atoms with van der Waals surface area (Å²) in [4.78, 5) is 13.1. The van der Waals surface area contributed by atoms with Gasteiger partial charge in [0, 0.05) is 30.7 Å². The van der Waals surface area contributed by atoms with Crippen molar-refractivity contribution in [1.29, 1.82) is 0 Å². The van der Waals surface area contributed by atoms with E-state index in [1.54, 1.807) is 14.1 Å². The molecular formula is C13H17NO2S2. The van der Waals surface area contributed by atoms with Crippen LogP contribution < -0.4 is 4.74 Å². The fourth-order valence-electron chi connectivity index (χ4n) is 1.63. The number of benzene rings is 1. The van der Waals surface area contributed by atoms with Gasteiger partial charge in [0.05, 0.1) is 4.58 Å². The average molecular weight is 283 g/mol. The highest BCUT2D eigenvalue weighted by molar-refractivity contribution is 8.19.